The van der Waals surface area contributed by atoms with Crippen LogP contribution in [-0.4, -0.2) is 27.6 Å². The highest BCUT2D eigenvalue weighted by Crippen LogP contribution is 2.23. The molecule has 0 aliphatic rings. The van der Waals surface area contributed by atoms with E-state index in [-0.39, 0.29) is 12.2 Å². The molecule has 2 aromatic heterocycles. The number of carbonyl (C=O) groups is 1. The van der Waals surface area contributed by atoms with E-state index in [9.17, 15) is 14.0 Å². The molecule has 0 spiro atoms. The minimum absolute atomic E-state index is 0.0530. The second-order valence-electron chi connectivity index (χ2n) is 6.43. The zero-order valence-corrected chi connectivity index (χ0v) is 16.0. The number of halogens is 1. The lowest BCUT2D eigenvalue weighted by Crippen LogP contribution is -2.34. The largest absolute Gasteiger partial charge is 0.495 e. The first-order valence-corrected chi connectivity index (χ1v) is 9.12. The molecule has 0 aliphatic heterocycles. The van der Waals surface area contributed by atoms with Gasteiger partial charge in [-0.15, -0.1) is 0 Å². The van der Waals surface area contributed by atoms with Crippen molar-refractivity contribution in [2.24, 2.45) is 0 Å². The number of methoxy groups -OCH3 is 1. The van der Waals surface area contributed by atoms with E-state index in [0.717, 1.165) is 0 Å². The summed E-state index contributed by atoms with van der Waals surface area (Å²) in [5.41, 5.74) is 0.749. The van der Waals surface area contributed by atoms with Crippen molar-refractivity contribution >= 4 is 17.1 Å². The predicted octanol–water partition coefficient (Wildman–Crippen LogP) is 2.86. The van der Waals surface area contributed by atoms with Crippen LogP contribution in [0.1, 0.15) is 16.1 Å². The van der Waals surface area contributed by atoms with E-state index in [1.165, 1.54) is 23.8 Å². The molecule has 0 aliphatic carbocycles. The molecule has 4 aromatic rings. The molecule has 0 unspecified atom stereocenters. The Morgan fingerprint density at radius 2 is 1.97 bits per heavy atom. The summed E-state index contributed by atoms with van der Waals surface area (Å²) in [6.45, 7) is 0.0530. The molecule has 30 heavy (non-hydrogen) atoms. The average molecular weight is 404 g/mol. The monoisotopic (exact) mass is 404 g/mol. The van der Waals surface area contributed by atoms with Crippen LogP contribution in [-0.2, 0) is 6.54 Å². The van der Waals surface area contributed by atoms with Gasteiger partial charge in [0, 0.05) is 12.7 Å². The number of ether oxygens (including phenoxy) is 1. The van der Waals surface area contributed by atoms with Crippen LogP contribution in [0.5, 0.6) is 5.75 Å². The highest BCUT2D eigenvalue weighted by molar-refractivity contribution is 5.93. The van der Waals surface area contributed by atoms with Crippen LogP contribution in [0.15, 0.2) is 71.7 Å². The van der Waals surface area contributed by atoms with E-state index in [0.29, 0.717) is 28.2 Å². The number of nitrogens with zero attached hydrogens (tertiary/aromatic N) is 3. The number of hydrogen-bond donors (Lipinski definition) is 1. The van der Waals surface area contributed by atoms with Gasteiger partial charge in [0.2, 0.25) is 0 Å². The van der Waals surface area contributed by atoms with Crippen molar-refractivity contribution in [1.29, 1.82) is 0 Å². The van der Waals surface area contributed by atoms with E-state index in [4.69, 9.17) is 4.74 Å². The minimum atomic E-state index is -0.668. The molecule has 1 amide bonds. The Kier molecular flexibility index (Phi) is 5.21. The quantitative estimate of drug-likeness (QED) is 0.553. The van der Waals surface area contributed by atoms with Gasteiger partial charge in [-0.2, -0.15) is 0 Å². The Labute approximate surface area is 170 Å². The Morgan fingerprint density at radius 1 is 1.13 bits per heavy atom. The number of fused-ring (bicyclic) bond motifs is 1. The number of rotatable bonds is 5. The molecule has 0 radical (unpaired) electrons. The van der Waals surface area contributed by atoms with E-state index in [2.05, 4.69) is 15.3 Å². The van der Waals surface area contributed by atoms with Crippen LogP contribution in [0.4, 0.5) is 4.39 Å². The Balaban J connectivity index is 1.80. The number of nitrogens with one attached hydrogen (secondary N) is 1. The lowest BCUT2D eigenvalue weighted by molar-refractivity contribution is 0.0944. The molecule has 150 valence electrons. The topological polar surface area (TPSA) is 86.1 Å². The first-order chi connectivity index (χ1) is 14.6. The lowest BCUT2D eigenvalue weighted by atomic mass is 10.2. The summed E-state index contributed by atoms with van der Waals surface area (Å²) >= 11 is 0. The second kappa shape index (κ2) is 8.12. The summed E-state index contributed by atoms with van der Waals surface area (Å²) in [5, 5.41) is 2.62. The minimum Gasteiger partial charge on any atom is -0.495 e. The standard InChI is InChI=1S/C22H17FN4O3/c1-30-18-10-3-2-9-17(18)27-20-16(8-5-11-24-20)26-19(22(27)29)21(28)25-13-14-6-4-7-15(23)12-14/h2-12H,13H2,1H3,(H,25,28). The van der Waals surface area contributed by atoms with Crippen molar-refractivity contribution in [1.82, 2.24) is 19.9 Å². The van der Waals surface area contributed by atoms with Gasteiger partial charge < -0.3 is 10.1 Å². The molecule has 0 bridgehead atoms. The van der Waals surface area contributed by atoms with Gasteiger partial charge in [-0.1, -0.05) is 24.3 Å². The molecule has 0 fully saturated rings. The summed E-state index contributed by atoms with van der Waals surface area (Å²) in [4.78, 5) is 34.5. The van der Waals surface area contributed by atoms with Crippen LogP contribution in [0.25, 0.3) is 16.9 Å². The molecule has 0 atom stereocenters. The van der Waals surface area contributed by atoms with Gasteiger partial charge in [-0.3, -0.25) is 14.2 Å². The third-order valence-corrected chi connectivity index (χ3v) is 4.50. The first-order valence-electron chi connectivity index (χ1n) is 9.12. The number of carbonyl (C=O) groups excluding carboxylic acids is 1. The fourth-order valence-electron chi connectivity index (χ4n) is 3.12. The van der Waals surface area contributed by atoms with E-state index in [1.807, 2.05) is 0 Å². The molecule has 0 saturated carbocycles. The zero-order chi connectivity index (χ0) is 21.1. The van der Waals surface area contributed by atoms with Crippen LogP contribution in [0.2, 0.25) is 0 Å². The molecular weight excluding hydrogens is 387 g/mol. The zero-order valence-electron chi connectivity index (χ0n) is 16.0. The SMILES string of the molecule is COc1ccccc1-n1c(=O)c(C(=O)NCc2cccc(F)c2)nc2cccnc21. The van der Waals surface area contributed by atoms with Crippen molar-refractivity contribution in [3.05, 3.63) is 94.3 Å². The molecule has 2 aromatic carbocycles. The van der Waals surface area contributed by atoms with Crippen LogP contribution < -0.4 is 15.6 Å². The van der Waals surface area contributed by atoms with Crippen molar-refractivity contribution in [3.63, 3.8) is 0 Å². The van der Waals surface area contributed by atoms with E-state index in [1.54, 1.807) is 54.7 Å². The normalized spacial score (nSPS) is 10.7. The summed E-state index contributed by atoms with van der Waals surface area (Å²) in [7, 11) is 1.49. The van der Waals surface area contributed by atoms with Gasteiger partial charge in [0.05, 0.1) is 12.8 Å². The number of amides is 1. The van der Waals surface area contributed by atoms with Crippen LogP contribution >= 0.6 is 0 Å². The van der Waals surface area contributed by atoms with Crippen molar-refractivity contribution in [2.45, 2.75) is 6.54 Å². The molecule has 8 heteroatoms. The molecule has 7 nitrogen and oxygen atoms in total. The summed E-state index contributed by atoms with van der Waals surface area (Å²) in [5.74, 6) is -0.627. The highest BCUT2D eigenvalue weighted by atomic mass is 19.1. The van der Waals surface area contributed by atoms with Gasteiger partial charge >= 0.3 is 0 Å². The van der Waals surface area contributed by atoms with Gasteiger partial charge in [-0.05, 0) is 42.0 Å². The number of para-hydroxylation sites is 2. The van der Waals surface area contributed by atoms with Gasteiger partial charge in [0.1, 0.15) is 17.1 Å². The van der Waals surface area contributed by atoms with E-state index >= 15 is 0 Å². The third-order valence-electron chi connectivity index (χ3n) is 4.50. The Bertz CT molecular complexity index is 1300. The molecule has 2 heterocycles. The van der Waals surface area contributed by atoms with E-state index < -0.39 is 17.3 Å². The fraction of sp³-hybridized carbons (Fsp3) is 0.0909. The fourth-order valence-corrected chi connectivity index (χ4v) is 3.12. The number of hydrogen-bond acceptors (Lipinski definition) is 5. The molecule has 1 N–H and O–H groups in total. The second-order valence-corrected chi connectivity index (χ2v) is 6.43. The smallest absolute Gasteiger partial charge is 0.288 e. The maximum absolute atomic E-state index is 13.4. The summed E-state index contributed by atoms with van der Waals surface area (Å²) in [6, 6.07) is 16.1. The summed E-state index contributed by atoms with van der Waals surface area (Å²) in [6.07, 6.45) is 1.54. The van der Waals surface area contributed by atoms with Gasteiger partial charge in [0.25, 0.3) is 11.5 Å². The number of benzene rings is 2. The van der Waals surface area contributed by atoms with Crippen molar-refractivity contribution < 1.29 is 13.9 Å². The maximum Gasteiger partial charge on any atom is 0.288 e. The Hall–Kier alpha value is -4.07. The van der Waals surface area contributed by atoms with Crippen LogP contribution in [0.3, 0.4) is 0 Å². The number of pyridine rings is 1. The summed E-state index contributed by atoms with van der Waals surface area (Å²) < 4.78 is 20.0. The highest BCUT2D eigenvalue weighted by Gasteiger charge is 2.20. The molecule has 0 saturated heterocycles. The van der Waals surface area contributed by atoms with Crippen LogP contribution in [0, 0.1) is 5.82 Å². The van der Waals surface area contributed by atoms with Crippen molar-refractivity contribution in [3.8, 4) is 11.4 Å². The molecular formula is C22H17FN4O3. The average Bonchev–Trinajstić information content (AvgIpc) is 2.77. The van der Waals surface area contributed by atoms with Gasteiger partial charge in [0.15, 0.2) is 11.3 Å². The van der Waals surface area contributed by atoms with Gasteiger partial charge in [-0.25, -0.2) is 14.4 Å². The third kappa shape index (κ3) is 3.62. The predicted molar refractivity (Wildman–Crippen MR) is 109 cm³/mol. The van der Waals surface area contributed by atoms with Crippen molar-refractivity contribution in [2.75, 3.05) is 7.11 Å². The Morgan fingerprint density at radius 3 is 2.77 bits per heavy atom. The maximum atomic E-state index is 13.4. The lowest BCUT2D eigenvalue weighted by Gasteiger charge is -2.14. The molecule has 4 rings (SSSR count). The first kappa shape index (κ1) is 19.3. The number of aromatic nitrogens is 3.